The van der Waals surface area contributed by atoms with E-state index in [2.05, 4.69) is 51.6 Å². The molecule has 6 heteroatoms. The van der Waals surface area contributed by atoms with Gasteiger partial charge in [-0.25, -0.2) is 0 Å². The molecule has 0 fully saturated rings. The van der Waals surface area contributed by atoms with Gasteiger partial charge in [-0.2, -0.15) is 0 Å². The van der Waals surface area contributed by atoms with Crippen LogP contribution in [0.2, 0.25) is 0 Å². The molecule has 4 rings (SSSR count). The number of nitrogens with one attached hydrogen (secondary N) is 1. The summed E-state index contributed by atoms with van der Waals surface area (Å²) in [5.74, 6) is 1.32. The number of benzene rings is 1. The maximum absolute atomic E-state index is 12.7. The first-order chi connectivity index (χ1) is 12.7. The topological polar surface area (TPSA) is 63.1 Å². The number of aromatic nitrogens is 3. The highest BCUT2D eigenvalue weighted by Gasteiger charge is 2.23. The van der Waals surface area contributed by atoms with Gasteiger partial charge in [0.05, 0.1) is 0 Å². The molecule has 1 amide bonds. The van der Waals surface area contributed by atoms with Crippen molar-refractivity contribution in [3.05, 3.63) is 47.0 Å². The van der Waals surface area contributed by atoms with Crippen LogP contribution in [0.15, 0.2) is 24.3 Å². The average Bonchev–Trinajstić information content (AvgIpc) is 2.90. The molecular weight excluding hydrogens is 326 g/mol. The van der Waals surface area contributed by atoms with Crippen molar-refractivity contribution < 1.29 is 4.79 Å². The van der Waals surface area contributed by atoms with Crippen LogP contribution in [0.5, 0.6) is 0 Å². The van der Waals surface area contributed by atoms with Gasteiger partial charge in [-0.3, -0.25) is 9.69 Å². The molecule has 26 heavy (non-hydrogen) atoms. The maximum Gasteiger partial charge on any atom is 0.289 e. The highest BCUT2D eigenvalue weighted by atomic mass is 16.2. The minimum atomic E-state index is -0.101. The normalized spacial score (nSPS) is 18.5. The van der Waals surface area contributed by atoms with Gasteiger partial charge in [0, 0.05) is 38.6 Å². The van der Waals surface area contributed by atoms with Crippen molar-refractivity contribution in [2.75, 3.05) is 13.1 Å². The van der Waals surface area contributed by atoms with E-state index in [4.69, 9.17) is 0 Å². The summed E-state index contributed by atoms with van der Waals surface area (Å²) in [6.45, 7) is 5.76. The lowest BCUT2D eigenvalue weighted by Crippen LogP contribution is -2.44. The van der Waals surface area contributed by atoms with Gasteiger partial charge >= 0.3 is 0 Å². The number of carbonyl (C=O) groups is 1. The van der Waals surface area contributed by atoms with Crippen LogP contribution in [0.3, 0.4) is 0 Å². The molecule has 0 aliphatic carbocycles. The number of nitrogens with zero attached hydrogens (tertiary/aromatic N) is 4. The van der Waals surface area contributed by atoms with Crippen molar-refractivity contribution in [2.45, 2.75) is 58.2 Å². The summed E-state index contributed by atoms with van der Waals surface area (Å²) in [6, 6.07) is 8.71. The van der Waals surface area contributed by atoms with Gasteiger partial charge < -0.3 is 9.88 Å². The van der Waals surface area contributed by atoms with Crippen molar-refractivity contribution >= 4 is 5.91 Å². The van der Waals surface area contributed by atoms with Gasteiger partial charge in [0.1, 0.15) is 5.82 Å². The molecule has 6 nitrogen and oxygen atoms in total. The van der Waals surface area contributed by atoms with E-state index in [-0.39, 0.29) is 11.9 Å². The van der Waals surface area contributed by atoms with Crippen molar-refractivity contribution in [1.29, 1.82) is 0 Å². The highest BCUT2D eigenvalue weighted by Crippen LogP contribution is 2.18. The van der Waals surface area contributed by atoms with Gasteiger partial charge in [0.15, 0.2) is 0 Å². The van der Waals surface area contributed by atoms with Crippen LogP contribution in [0.1, 0.15) is 53.8 Å². The van der Waals surface area contributed by atoms with Crippen LogP contribution >= 0.6 is 0 Å². The lowest BCUT2D eigenvalue weighted by atomic mass is 10.00. The minimum absolute atomic E-state index is 0.0755. The van der Waals surface area contributed by atoms with E-state index in [1.165, 1.54) is 17.5 Å². The van der Waals surface area contributed by atoms with E-state index in [9.17, 15) is 4.79 Å². The molecule has 0 saturated heterocycles. The predicted octanol–water partition coefficient (Wildman–Crippen LogP) is 2.18. The molecule has 1 N–H and O–H groups in total. The number of fused-ring (bicyclic) bond motifs is 2. The average molecular weight is 353 g/mol. The third kappa shape index (κ3) is 3.65. The molecule has 0 bridgehead atoms. The Hall–Kier alpha value is -2.21. The monoisotopic (exact) mass is 353 g/mol. The molecular formula is C20H27N5O. The summed E-state index contributed by atoms with van der Waals surface area (Å²) in [5.41, 5.74) is 2.85. The molecule has 1 aromatic heterocycles. The molecule has 0 unspecified atom stereocenters. The second kappa shape index (κ2) is 7.58. The fourth-order valence-corrected chi connectivity index (χ4v) is 4.08. The largest absolute Gasteiger partial charge is 0.346 e. The third-order valence-corrected chi connectivity index (χ3v) is 5.43. The molecule has 0 spiro atoms. The second-order valence-corrected chi connectivity index (χ2v) is 7.53. The van der Waals surface area contributed by atoms with Crippen LogP contribution in [0.4, 0.5) is 0 Å². The van der Waals surface area contributed by atoms with E-state index < -0.39 is 0 Å². The van der Waals surface area contributed by atoms with E-state index in [1.807, 2.05) is 4.57 Å². The maximum atomic E-state index is 12.7. The van der Waals surface area contributed by atoms with E-state index in [1.54, 1.807) is 0 Å². The number of amides is 1. The van der Waals surface area contributed by atoms with E-state index >= 15 is 0 Å². The fourth-order valence-electron chi connectivity index (χ4n) is 4.08. The predicted molar refractivity (Wildman–Crippen MR) is 99.9 cm³/mol. The Bertz CT molecular complexity index is 784. The highest BCUT2D eigenvalue weighted by molar-refractivity contribution is 5.90. The molecule has 2 aliphatic rings. The van der Waals surface area contributed by atoms with Crippen LogP contribution in [-0.2, 0) is 25.9 Å². The summed E-state index contributed by atoms with van der Waals surface area (Å²) < 4.78 is 2.01. The molecule has 2 aliphatic heterocycles. The molecule has 0 saturated carbocycles. The Balaban J connectivity index is 1.36. The lowest BCUT2D eigenvalue weighted by Gasteiger charge is -2.31. The molecule has 0 radical (unpaired) electrons. The Morgan fingerprint density at radius 3 is 2.85 bits per heavy atom. The standard InChI is InChI=1S/C20H27N5O/c1-15(13-24-12-10-16-7-4-5-8-17(16)14-24)21-20(26)19-23-22-18-9-3-2-6-11-25(18)19/h4-5,7-8,15H,2-3,6,9-14H2,1H3,(H,21,26)/t15-/m1/s1. The first-order valence-electron chi connectivity index (χ1n) is 9.73. The SMILES string of the molecule is C[C@H](CN1CCc2ccccc2C1)NC(=O)c1nnc2n1CCCCC2. The summed E-state index contributed by atoms with van der Waals surface area (Å²) >= 11 is 0. The van der Waals surface area contributed by atoms with Crippen LogP contribution in [-0.4, -0.2) is 44.7 Å². The summed E-state index contributed by atoms with van der Waals surface area (Å²) in [6.07, 6.45) is 5.41. The van der Waals surface area contributed by atoms with Gasteiger partial charge in [-0.05, 0) is 37.3 Å². The molecule has 3 heterocycles. The van der Waals surface area contributed by atoms with Crippen molar-refractivity contribution in [3.63, 3.8) is 0 Å². The van der Waals surface area contributed by atoms with Crippen molar-refractivity contribution in [3.8, 4) is 0 Å². The Morgan fingerprint density at radius 1 is 1.12 bits per heavy atom. The van der Waals surface area contributed by atoms with Crippen LogP contribution in [0, 0.1) is 0 Å². The third-order valence-electron chi connectivity index (χ3n) is 5.43. The van der Waals surface area contributed by atoms with Gasteiger partial charge in [-0.1, -0.05) is 30.7 Å². The van der Waals surface area contributed by atoms with Gasteiger partial charge in [0.2, 0.25) is 5.82 Å². The molecule has 138 valence electrons. The van der Waals surface area contributed by atoms with Crippen molar-refractivity contribution in [1.82, 2.24) is 25.0 Å². The first kappa shape index (κ1) is 17.2. The fraction of sp³-hybridized carbons (Fsp3) is 0.550. The van der Waals surface area contributed by atoms with E-state index in [0.29, 0.717) is 5.82 Å². The molecule has 2 aromatic rings. The Morgan fingerprint density at radius 2 is 1.96 bits per heavy atom. The van der Waals surface area contributed by atoms with Gasteiger partial charge in [-0.15, -0.1) is 10.2 Å². The number of aryl methyl sites for hydroxylation is 1. The second-order valence-electron chi connectivity index (χ2n) is 7.53. The van der Waals surface area contributed by atoms with Crippen LogP contribution in [0.25, 0.3) is 0 Å². The zero-order valence-corrected chi connectivity index (χ0v) is 15.4. The number of carbonyl (C=O) groups excluding carboxylic acids is 1. The lowest BCUT2D eigenvalue weighted by molar-refractivity contribution is 0.0911. The zero-order valence-electron chi connectivity index (χ0n) is 15.4. The number of rotatable bonds is 4. The summed E-state index contributed by atoms with van der Waals surface area (Å²) in [4.78, 5) is 15.1. The number of hydrogen-bond donors (Lipinski definition) is 1. The van der Waals surface area contributed by atoms with Gasteiger partial charge in [0.25, 0.3) is 5.91 Å². The molecule has 1 aromatic carbocycles. The first-order valence-corrected chi connectivity index (χ1v) is 9.73. The summed E-state index contributed by atoms with van der Waals surface area (Å²) in [7, 11) is 0. The van der Waals surface area contributed by atoms with Crippen molar-refractivity contribution in [2.24, 2.45) is 0 Å². The number of hydrogen-bond acceptors (Lipinski definition) is 4. The zero-order chi connectivity index (χ0) is 17.9. The summed E-state index contributed by atoms with van der Waals surface area (Å²) in [5, 5.41) is 11.5. The Kier molecular flexibility index (Phi) is 5.02. The Labute approximate surface area is 154 Å². The van der Waals surface area contributed by atoms with E-state index in [0.717, 1.165) is 57.7 Å². The smallest absolute Gasteiger partial charge is 0.289 e. The quantitative estimate of drug-likeness (QED) is 0.915. The minimum Gasteiger partial charge on any atom is -0.346 e. The molecule has 1 atom stereocenters. The van der Waals surface area contributed by atoms with Crippen LogP contribution < -0.4 is 5.32 Å².